The van der Waals surface area contributed by atoms with Crippen LogP contribution in [0.5, 0.6) is 5.75 Å². The zero-order valence-corrected chi connectivity index (χ0v) is 16.0. The summed E-state index contributed by atoms with van der Waals surface area (Å²) < 4.78 is 5.67. The monoisotopic (exact) mass is 339 g/mol. The van der Waals surface area contributed by atoms with Crippen LogP contribution in [-0.2, 0) is 4.79 Å². The molecule has 1 spiro atoms. The minimum absolute atomic E-state index is 0.0484. The molecule has 1 aliphatic carbocycles. The molecular formula is C22H29NO2. The molecule has 1 aromatic carbocycles. The van der Waals surface area contributed by atoms with E-state index in [-0.39, 0.29) is 11.4 Å². The Balaban J connectivity index is 2.12. The number of carbonyl (C=O) groups excluding carboxylic acids is 1. The van der Waals surface area contributed by atoms with E-state index < -0.39 is 0 Å². The molecule has 25 heavy (non-hydrogen) atoms. The van der Waals surface area contributed by atoms with Gasteiger partial charge in [0.2, 0.25) is 0 Å². The number of rotatable bonds is 3. The minimum atomic E-state index is -0.154. The SMILES string of the molecule is C/C=C/c1cc(C)c(C2=C(C)C3(CCC(C)CC3)NC2=O)c(OC)c1. The van der Waals surface area contributed by atoms with Crippen molar-refractivity contribution in [1.29, 1.82) is 0 Å². The zero-order valence-electron chi connectivity index (χ0n) is 16.0. The lowest BCUT2D eigenvalue weighted by atomic mass is 9.73. The van der Waals surface area contributed by atoms with Crippen LogP contribution in [0.2, 0.25) is 0 Å². The van der Waals surface area contributed by atoms with Crippen molar-refractivity contribution in [3.8, 4) is 5.75 Å². The fourth-order valence-corrected chi connectivity index (χ4v) is 4.39. The number of amides is 1. The van der Waals surface area contributed by atoms with Crippen LogP contribution in [0.15, 0.2) is 23.8 Å². The van der Waals surface area contributed by atoms with E-state index in [1.165, 1.54) is 18.4 Å². The number of hydrogen-bond donors (Lipinski definition) is 1. The zero-order chi connectivity index (χ0) is 18.2. The average molecular weight is 339 g/mol. The van der Waals surface area contributed by atoms with Crippen LogP contribution in [0.4, 0.5) is 0 Å². The number of allylic oxidation sites excluding steroid dienone is 1. The predicted octanol–water partition coefficient (Wildman–Crippen LogP) is 4.89. The summed E-state index contributed by atoms with van der Waals surface area (Å²) in [5.74, 6) is 1.57. The van der Waals surface area contributed by atoms with Crippen LogP contribution in [-0.4, -0.2) is 18.6 Å². The van der Waals surface area contributed by atoms with Gasteiger partial charge in [-0.1, -0.05) is 25.1 Å². The number of ether oxygens (including phenoxy) is 1. The van der Waals surface area contributed by atoms with E-state index in [1.54, 1.807) is 7.11 Å². The van der Waals surface area contributed by atoms with E-state index in [0.29, 0.717) is 0 Å². The van der Waals surface area contributed by atoms with Crippen molar-refractivity contribution in [3.05, 3.63) is 40.5 Å². The van der Waals surface area contributed by atoms with Gasteiger partial charge in [0.05, 0.1) is 18.2 Å². The quantitative estimate of drug-likeness (QED) is 0.851. The average Bonchev–Trinajstić information content (AvgIpc) is 2.81. The van der Waals surface area contributed by atoms with Gasteiger partial charge in [0.1, 0.15) is 5.75 Å². The maximum absolute atomic E-state index is 12.9. The molecule has 3 rings (SSSR count). The number of benzene rings is 1. The van der Waals surface area contributed by atoms with Gasteiger partial charge in [-0.15, -0.1) is 0 Å². The number of aryl methyl sites for hydroxylation is 1. The third-order valence-electron chi connectivity index (χ3n) is 5.95. The molecule has 0 radical (unpaired) electrons. The van der Waals surface area contributed by atoms with Gasteiger partial charge in [0, 0.05) is 5.56 Å². The van der Waals surface area contributed by atoms with Gasteiger partial charge in [0.25, 0.3) is 5.91 Å². The van der Waals surface area contributed by atoms with Crippen LogP contribution >= 0.6 is 0 Å². The third-order valence-corrected chi connectivity index (χ3v) is 5.95. The molecule has 1 aliphatic heterocycles. The molecule has 0 aromatic heterocycles. The highest BCUT2D eigenvalue weighted by Crippen LogP contribution is 2.46. The first-order valence-corrected chi connectivity index (χ1v) is 9.27. The Kier molecular flexibility index (Phi) is 4.77. The van der Waals surface area contributed by atoms with Gasteiger partial charge in [0.15, 0.2) is 0 Å². The highest BCUT2D eigenvalue weighted by atomic mass is 16.5. The highest BCUT2D eigenvalue weighted by molar-refractivity contribution is 6.24. The first kappa shape index (κ1) is 17.8. The van der Waals surface area contributed by atoms with Crippen LogP contribution in [0.1, 0.15) is 63.1 Å². The summed E-state index contributed by atoms with van der Waals surface area (Å²) in [5.41, 5.74) is 4.97. The molecule has 1 aromatic rings. The van der Waals surface area contributed by atoms with Crippen LogP contribution in [0.25, 0.3) is 11.6 Å². The molecule has 0 atom stereocenters. The van der Waals surface area contributed by atoms with Crippen molar-refractivity contribution in [3.63, 3.8) is 0 Å². The Hall–Kier alpha value is -2.03. The van der Waals surface area contributed by atoms with Gasteiger partial charge in [-0.2, -0.15) is 0 Å². The van der Waals surface area contributed by atoms with Crippen molar-refractivity contribution < 1.29 is 9.53 Å². The topological polar surface area (TPSA) is 38.3 Å². The molecule has 1 fully saturated rings. The highest BCUT2D eigenvalue weighted by Gasteiger charge is 2.45. The standard InChI is InChI=1S/C22H29NO2/c1-6-7-17-12-15(3)19(18(13-17)25-5)20-16(4)22(23-21(20)24)10-8-14(2)9-11-22/h6-7,12-14H,8-11H2,1-5H3,(H,23,24)/b7-6+. The summed E-state index contributed by atoms with van der Waals surface area (Å²) in [6.45, 7) is 8.49. The molecule has 3 nitrogen and oxygen atoms in total. The smallest absolute Gasteiger partial charge is 0.252 e. The summed E-state index contributed by atoms with van der Waals surface area (Å²) in [6, 6.07) is 4.14. The Morgan fingerprint density at radius 2 is 1.92 bits per heavy atom. The van der Waals surface area contributed by atoms with E-state index in [2.05, 4.69) is 38.2 Å². The van der Waals surface area contributed by atoms with Gasteiger partial charge in [-0.3, -0.25) is 4.79 Å². The van der Waals surface area contributed by atoms with Gasteiger partial charge in [-0.05, 0) is 75.1 Å². The molecule has 0 saturated heterocycles. The fourth-order valence-electron chi connectivity index (χ4n) is 4.39. The molecule has 0 bridgehead atoms. The molecule has 2 aliphatic rings. The molecular weight excluding hydrogens is 310 g/mol. The van der Waals surface area contributed by atoms with Crippen molar-refractivity contribution in [2.75, 3.05) is 7.11 Å². The molecule has 0 unspecified atom stereocenters. The normalized spacial score (nSPS) is 26.6. The second-order valence-corrected chi connectivity index (χ2v) is 7.63. The Labute approximate surface area is 151 Å². The lowest BCUT2D eigenvalue weighted by Gasteiger charge is -2.37. The Bertz CT molecular complexity index is 750. The number of nitrogens with one attached hydrogen (secondary N) is 1. The maximum atomic E-state index is 12.9. The maximum Gasteiger partial charge on any atom is 0.252 e. The van der Waals surface area contributed by atoms with Crippen molar-refractivity contribution in [2.24, 2.45) is 5.92 Å². The second kappa shape index (κ2) is 6.70. The van der Waals surface area contributed by atoms with Crippen LogP contribution in [0.3, 0.4) is 0 Å². The number of hydrogen-bond acceptors (Lipinski definition) is 2. The summed E-state index contributed by atoms with van der Waals surface area (Å²) >= 11 is 0. The van der Waals surface area contributed by atoms with Gasteiger partial charge in [-0.25, -0.2) is 0 Å². The van der Waals surface area contributed by atoms with Crippen molar-refractivity contribution in [1.82, 2.24) is 5.32 Å². The Morgan fingerprint density at radius 1 is 1.24 bits per heavy atom. The van der Waals surface area contributed by atoms with Crippen LogP contribution < -0.4 is 10.1 Å². The predicted molar refractivity (Wildman–Crippen MR) is 104 cm³/mol. The van der Waals surface area contributed by atoms with Gasteiger partial charge < -0.3 is 10.1 Å². The third kappa shape index (κ3) is 3.01. The molecule has 1 N–H and O–H groups in total. The Morgan fingerprint density at radius 3 is 2.52 bits per heavy atom. The summed E-state index contributed by atoms with van der Waals surface area (Å²) in [6.07, 6.45) is 8.47. The van der Waals surface area contributed by atoms with E-state index in [9.17, 15) is 4.79 Å². The van der Waals surface area contributed by atoms with Crippen molar-refractivity contribution in [2.45, 2.75) is 58.9 Å². The summed E-state index contributed by atoms with van der Waals surface area (Å²) in [4.78, 5) is 12.9. The van der Waals surface area contributed by atoms with E-state index in [0.717, 1.165) is 46.8 Å². The van der Waals surface area contributed by atoms with Gasteiger partial charge >= 0.3 is 0 Å². The summed E-state index contributed by atoms with van der Waals surface area (Å²) in [7, 11) is 1.68. The minimum Gasteiger partial charge on any atom is -0.496 e. The molecule has 1 heterocycles. The van der Waals surface area contributed by atoms with E-state index in [4.69, 9.17) is 4.74 Å². The first-order valence-electron chi connectivity index (χ1n) is 9.27. The largest absolute Gasteiger partial charge is 0.496 e. The first-order chi connectivity index (χ1) is 11.9. The second-order valence-electron chi connectivity index (χ2n) is 7.63. The van der Waals surface area contributed by atoms with Crippen molar-refractivity contribution >= 4 is 17.6 Å². The molecule has 1 amide bonds. The van der Waals surface area contributed by atoms with Crippen LogP contribution in [0, 0.1) is 12.8 Å². The summed E-state index contributed by atoms with van der Waals surface area (Å²) in [5, 5.41) is 3.32. The lowest BCUT2D eigenvalue weighted by Crippen LogP contribution is -2.46. The molecule has 3 heteroatoms. The van der Waals surface area contributed by atoms with E-state index in [1.807, 2.05) is 19.1 Å². The fraction of sp³-hybridized carbons (Fsp3) is 0.500. The number of methoxy groups -OCH3 is 1. The van der Waals surface area contributed by atoms with E-state index >= 15 is 0 Å². The molecule has 134 valence electrons. The number of carbonyl (C=O) groups is 1. The molecule has 1 saturated carbocycles. The lowest BCUT2D eigenvalue weighted by molar-refractivity contribution is -0.116.